The number of carbonyl (C=O) groups excluding carboxylic acids is 1. The summed E-state index contributed by atoms with van der Waals surface area (Å²) in [7, 11) is 1.64. The van der Waals surface area contributed by atoms with Crippen molar-refractivity contribution in [3.05, 3.63) is 41.7 Å². The number of methoxy groups -OCH3 is 1. The predicted octanol–water partition coefficient (Wildman–Crippen LogP) is 3.04. The number of benzene rings is 1. The summed E-state index contributed by atoms with van der Waals surface area (Å²) in [6.45, 7) is 4.24. The minimum atomic E-state index is -0.0132. The third-order valence-electron chi connectivity index (χ3n) is 3.75. The van der Waals surface area contributed by atoms with Crippen LogP contribution in [-0.2, 0) is 6.42 Å². The van der Waals surface area contributed by atoms with Crippen molar-refractivity contribution in [3.63, 3.8) is 0 Å². The average molecular weight is 270 g/mol. The first-order valence-electron chi connectivity index (χ1n) is 6.75. The molecule has 1 aliphatic carbocycles. The number of hydrogen-bond donors (Lipinski definition) is 0. The van der Waals surface area contributed by atoms with Crippen LogP contribution in [0.3, 0.4) is 0 Å². The van der Waals surface area contributed by atoms with Gasteiger partial charge in [-0.1, -0.05) is 19.9 Å². The van der Waals surface area contributed by atoms with Crippen molar-refractivity contribution in [2.75, 3.05) is 7.11 Å². The molecule has 0 unspecified atom stereocenters. The van der Waals surface area contributed by atoms with Gasteiger partial charge in [-0.25, -0.2) is 4.68 Å². The van der Waals surface area contributed by atoms with E-state index in [1.165, 1.54) is 0 Å². The Morgan fingerprint density at radius 2 is 2.10 bits per heavy atom. The molecule has 0 atom stereocenters. The molecular weight excluding hydrogens is 252 g/mol. The van der Waals surface area contributed by atoms with Gasteiger partial charge in [0.15, 0.2) is 5.78 Å². The first-order chi connectivity index (χ1) is 9.50. The number of Topliss-reactive ketones (excluding diaryl/α,β-unsaturated/α-hetero) is 1. The molecule has 0 saturated heterocycles. The van der Waals surface area contributed by atoms with Gasteiger partial charge in [0, 0.05) is 12.5 Å². The molecule has 0 bridgehead atoms. The van der Waals surface area contributed by atoms with Crippen molar-refractivity contribution >= 4 is 5.78 Å². The van der Waals surface area contributed by atoms with E-state index in [0.717, 1.165) is 29.1 Å². The number of ketones is 1. The molecule has 20 heavy (non-hydrogen) atoms. The van der Waals surface area contributed by atoms with Crippen LogP contribution in [0, 0.1) is 5.41 Å². The Balaban J connectivity index is 2.10. The second-order valence-electron chi connectivity index (χ2n) is 6.06. The van der Waals surface area contributed by atoms with Gasteiger partial charge < -0.3 is 4.74 Å². The van der Waals surface area contributed by atoms with Crippen molar-refractivity contribution in [2.24, 2.45) is 5.41 Å². The van der Waals surface area contributed by atoms with Crippen LogP contribution >= 0.6 is 0 Å². The Kier molecular flexibility index (Phi) is 2.89. The van der Waals surface area contributed by atoms with Crippen molar-refractivity contribution in [1.29, 1.82) is 0 Å². The first kappa shape index (κ1) is 12.9. The molecule has 3 rings (SSSR count). The normalized spacial score (nSPS) is 16.9. The molecule has 4 nitrogen and oxygen atoms in total. The molecule has 104 valence electrons. The molecule has 0 N–H and O–H groups in total. The van der Waals surface area contributed by atoms with Gasteiger partial charge in [-0.15, -0.1) is 0 Å². The SMILES string of the molecule is COc1cccc(-n2ncc3c2CC(C)(C)CC3=O)c1. The Labute approximate surface area is 118 Å². The number of nitrogens with zero attached hydrogens (tertiary/aromatic N) is 2. The van der Waals surface area contributed by atoms with E-state index in [4.69, 9.17) is 4.74 Å². The molecule has 1 aromatic heterocycles. The van der Waals surface area contributed by atoms with Crippen LogP contribution in [0.15, 0.2) is 30.5 Å². The molecule has 0 spiro atoms. The monoisotopic (exact) mass is 270 g/mol. The van der Waals surface area contributed by atoms with Crippen molar-refractivity contribution in [2.45, 2.75) is 26.7 Å². The molecule has 0 radical (unpaired) electrons. The number of aromatic nitrogens is 2. The minimum absolute atomic E-state index is 0.0132. The van der Waals surface area contributed by atoms with E-state index in [0.29, 0.717) is 6.42 Å². The first-order valence-corrected chi connectivity index (χ1v) is 6.75. The molecule has 1 aliphatic rings. The van der Waals surface area contributed by atoms with Gasteiger partial charge in [-0.3, -0.25) is 4.79 Å². The van der Waals surface area contributed by atoms with Gasteiger partial charge >= 0.3 is 0 Å². The van der Waals surface area contributed by atoms with Crippen LogP contribution < -0.4 is 4.74 Å². The Hall–Kier alpha value is -2.10. The zero-order valence-corrected chi connectivity index (χ0v) is 12.0. The lowest BCUT2D eigenvalue weighted by atomic mass is 9.76. The summed E-state index contributed by atoms with van der Waals surface area (Å²) in [4.78, 5) is 12.2. The topological polar surface area (TPSA) is 44.1 Å². The maximum absolute atomic E-state index is 12.2. The van der Waals surface area contributed by atoms with Crippen LogP contribution in [0.4, 0.5) is 0 Å². The lowest BCUT2D eigenvalue weighted by Gasteiger charge is -2.28. The summed E-state index contributed by atoms with van der Waals surface area (Å²) in [6, 6.07) is 7.73. The Bertz CT molecular complexity index is 671. The summed E-state index contributed by atoms with van der Waals surface area (Å²) < 4.78 is 7.11. The highest BCUT2D eigenvalue weighted by molar-refractivity contribution is 5.98. The third-order valence-corrected chi connectivity index (χ3v) is 3.75. The van der Waals surface area contributed by atoms with Gasteiger partial charge in [0.25, 0.3) is 0 Å². The van der Waals surface area contributed by atoms with E-state index in [-0.39, 0.29) is 11.2 Å². The molecule has 2 aromatic rings. The fourth-order valence-corrected chi connectivity index (χ4v) is 2.79. The highest BCUT2D eigenvalue weighted by Crippen LogP contribution is 2.35. The highest BCUT2D eigenvalue weighted by Gasteiger charge is 2.34. The fourth-order valence-electron chi connectivity index (χ4n) is 2.79. The molecule has 4 heteroatoms. The van der Waals surface area contributed by atoms with E-state index in [1.807, 2.05) is 28.9 Å². The van der Waals surface area contributed by atoms with Crippen LogP contribution in [0.2, 0.25) is 0 Å². The van der Waals surface area contributed by atoms with E-state index in [2.05, 4.69) is 18.9 Å². The van der Waals surface area contributed by atoms with Crippen LogP contribution in [0.1, 0.15) is 36.3 Å². The van der Waals surface area contributed by atoms with Gasteiger partial charge in [0.1, 0.15) is 5.75 Å². The second kappa shape index (κ2) is 4.47. The summed E-state index contributed by atoms with van der Waals surface area (Å²) in [5.41, 5.74) is 2.67. The van der Waals surface area contributed by atoms with E-state index in [9.17, 15) is 4.79 Å². The van der Waals surface area contributed by atoms with Crippen molar-refractivity contribution in [1.82, 2.24) is 9.78 Å². The molecule has 1 aromatic carbocycles. The summed E-state index contributed by atoms with van der Waals surface area (Å²) >= 11 is 0. The van der Waals surface area contributed by atoms with Gasteiger partial charge in [-0.05, 0) is 24.0 Å². The van der Waals surface area contributed by atoms with E-state index >= 15 is 0 Å². The van der Waals surface area contributed by atoms with Crippen molar-refractivity contribution in [3.8, 4) is 11.4 Å². The molecule has 0 fully saturated rings. The lowest BCUT2D eigenvalue weighted by Crippen LogP contribution is -2.27. The number of carbonyl (C=O) groups is 1. The van der Waals surface area contributed by atoms with E-state index in [1.54, 1.807) is 13.3 Å². The average Bonchev–Trinajstić information content (AvgIpc) is 2.81. The largest absolute Gasteiger partial charge is 0.497 e. The lowest BCUT2D eigenvalue weighted by molar-refractivity contribution is 0.0911. The third kappa shape index (κ3) is 2.11. The van der Waals surface area contributed by atoms with Gasteiger partial charge in [0.05, 0.1) is 30.3 Å². The molecular formula is C16H18N2O2. The quantitative estimate of drug-likeness (QED) is 0.842. The number of fused-ring (bicyclic) bond motifs is 1. The highest BCUT2D eigenvalue weighted by atomic mass is 16.5. The predicted molar refractivity (Wildman–Crippen MR) is 76.5 cm³/mol. The maximum atomic E-state index is 12.2. The van der Waals surface area contributed by atoms with Crippen molar-refractivity contribution < 1.29 is 9.53 Å². The molecule has 0 aliphatic heterocycles. The molecule has 0 saturated carbocycles. The zero-order chi connectivity index (χ0) is 14.3. The minimum Gasteiger partial charge on any atom is -0.497 e. The van der Waals surface area contributed by atoms with Gasteiger partial charge in [0.2, 0.25) is 0 Å². The van der Waals surface area contributed by atoms with Crippen LogP contribution in [0.5, 0.6) is 5.75 Å². The summed E-state index contributed by atoms with van der Waals surface area (Å²) in [5, 5.41) is 4.40. The number of ether oxygens (including phenoxy) is 1. The maximum Gasteiger partial charge on any atom is 0.166 e. The standard InChI is InChI=1S/C16H18N2O2/c1-16(2)8-14-13(15(19)9-16)10-17-18(14)11-5-4-6-12(7-11)20-3/h4-7,10H,8-9H2,1-3H3. The molecule has 1 heterocycles. The summed E-state index contributed by atoms with van der Waals surface area (Å²) in [6.07, 6.45) is 3.13. The van der Waals surface area contributed by atoms with Crippen LogP contribution in [-0.4, -0.2) is 22.7 Å². The second-order valence-corrected chi connectivity index (χ2v) is 6.06. The zero-order valence-electron chi connectivity index (χ0n) is 12.0. The smallest absolute Gasteiger partial charge is 0.166 e. The Morgan fingerprint density at radius 3 is 2.85 bits per heavy atom. The summed E-state index contributed by atoms with van der Waals surface area (Å²) in [5.74, 6) is 0.971. The number of rotatable bonds is 2. The van der Waals surface area contributed by atoms with E-state index < -0.39 is 0 Å². The van der Waals surface area contributed by atoms with Gasteiger partial charge in [-0.2, -0.15) is 5.10 Å². The Morgan fingerprint density at radius 1 is 1.30 bits per heavy atom. The number of hydrogen-bond acceptors (Lipinski definition) is 3. The van der Waals surface area contributed by atoms with Crippen LogP contribution in [0.25, 0.3) is 5.69 Å². The molecule has 0 amide bonds. The fraction of sp³-hybridized carbons (Fsp3) is 0.375.